The van der Waals surface area contributed by atoms with Gasteiger partial charge in [0.1, 0.15) is 6.61 Å². The first kappa shape index (κ1) is 21.5. The van der Waals surface area contributed by atoms with Gasteiger partial charge in [0.15, 0.2) is 11.5 Å². The van der Waals surface area contributed by atoms with E-state index in [2.05, 4.69) is 38.8 Å². The number of ether oxygens (including phenoxy) is 2. The third-order valence-corrected chi connectivity index (χ3v) is 6.02. The van der Waals surface area contributed by atoms with Crippen LogP contribution in [-0.2, 0) is 19.7 Å². The lowest BCUT2D eigenvalue weighted by molar-refractivity contribution is 0.267. The fourth-order valence-electron chi connectivity index (χ4n) is 2.66. The monoisotopic (exact) mass is 499 g/mol. The van der Waals surface area contributed by atoms with Gasteiger partial charge in [-0.2, -0.15) is 0 Å². The average Bonchev–Trinajstić information content (AvgIpc) is 3.16. The molecule has 0 amide bonds. The SMILES string of the molecule is CCOc1cc(CNCc2cccs2)cc(Br)c1OCc1ccc(Cl)cc1Cl. The molecule has 1 heterocycles. The number of rotatable bonds is 9. The predicted molar refractivity (Wildman–Crippen MR) is 121 cm³/mol. The van der Waals surface area contributed by atoms with Crippen LogP contribution in [0.3, 0.4) is 0 Å². The normalized spacial score (nSPS) is 10.9. The van der Waals surface area contributed by atoms with Gasteiger partial charge < -0.3 is 14.8 Å². The molecule has 0 unspecified atom stereocenters. The molecule has 1 aromatic heterocycles. The molecule has 3 rings (SSSR count). The Labute approximate surface area is 187 Å². The van der Waals surface area contributed by atoms with Crippen LogP contribution in [0.5, 0.6) is 11.5 Å². The quantitative estimate of drug-likeness (QED) is 0.340. The van der Waals surface area contributed by atoms with E-state index in [1.54, 1.807) is 23.5 Å². The Kier molecular flexibility index (Phi) is 8.06. The van der Waals surface area contributed by atoms with Crippen LogP contribution in [0.1, 0.15) is 22.9 Å². The zero-order chi connectivity index (χ0) is 19.9. The molecule has 1 N–H and O–H groups in total. The van der Waals surface area contributed by atoms with Crippen molar-refractivity contribution in [3.05, 3.63) is 78.4 Å². The van der Waals surface area contributed by atoms with Crippen molar-refractivity contribution >= 4 is 50.5 Å². The van der Waals surface area contributed by atoms with E-state index in [9.17, 15) is 0 Å². The maximum Gasteiger partial charge on any atom is 0.175 e. The van der Waals surface area contributed by atoms with Crippen molar-refractivity contribution < 1.29 is 9.47 Å². The van der Waals surface area contributed by atoms with Gasteiger partial charge in [-0.05, 0) is 64.1 Å². The molecule has 0 fully saturated rings. The standard InChI is InChI=1S/C21H20BrCl2NO2S/c1-2-26-20-9-14(11-25-12-17-4-3-7-28-17)8-18(22)21(20)27-13-15-5-6-16(23)10-19(15)24/h3-10,25H,2,11-13H2,1H3. The van der Waals surface area contributed by atoms with Crippen molar-refractivity contribution in [2.75, 3.05) is 6.61 Å². The summed E-state index contributed by atoms with van der Waals surface area (Å²) in [5, 5.41) is 6.72. The zero-order valence-corrected chi connectivity index (χ0v) is 19.2. The van der Waals surface area contributed by atoms with Crippen LogP contribution in [0.4, 0.5) is 0 Å². The first-order valence-corrected chi connectivity index (χ1v) is 11.2. The number of nitrogens with one attached hydrogen (secondary N) is 1. The van der Waals surface area contributed by atoms with E-state index < -0.39 is 0 Å². The lowest BCUT2D eigenvalue weighted by atomic mass is 10.2. The first-order chi connectivity index (χ1) is 13.6. The highest BCUT2D eigenvalue weighted by Gasteiger charge is 2.13. The molecule has 0 bridgehead atoms. The Morgan fingerprint density at radius 1 is 1.07 bits per heavy atom. The van der Waals surface area contributed by atoms with Gasteiger partial charge in [0.2, 0.25) is 0 Å². The minimum Gasteiger partial charge on any atom is -0.490 e. The van der Waals surface area contributed by atoms with Crippen LogP contribution >= 0.6 is 50.5 Å². The van der Waals surface area contributed by atoms with Gasteiger partial charge in [-0.1, -0.05) is 35.3 Å². The molecule has 0 saturated carbocycles. The highest BCUT2D eigenvalue weighted by molar-refractivity contribution is 9.10. The Morgan fingerprint density at radius 3 is 2.64 bits per heavy atom. The summed E-state index contributed by atoms with van der Waals surface area (Å²) in [6, 6.07) is 13.6. The summed E-state index contributed by atoms with van der Waals surface area (Å²) in [7, 11) is 0. The van der Waals surface area contributed by atoms with Crippen LogP contribution in [-0.4, -0.2) is 6.61 Å². The molecular formula is C21H20BrCl2NO2S. The number of halogens is 3. The van der Waals surface area contributed by atoms with Gasteiger partial charge in [0.25, 0.3) is 0 Å². The number of hydrogen-bond acceptors (Lipinski definition) is 4. The van der Waals surface area contributed by atoms with Gasteiger partial charge in [0, 0.05) is 33.6 Å². The highest BCUT2D eigenvalue weighted by atomic mass is 79.9. The molecule has 0 saturated heterocycles. The fraction of sp³-hybridized carbons (Fsp3) is 0.238. The second kappa shape index (κ2) is 10.5. The van der Waals surface area contributed by atoms with Gasteiger partial charge in [-0.25, -0.2) is 0 Å². The summed E-state index contributed by atoms with van der Waals surface area (Å²) in [5.41, 5.74) is 1.98. The van der Waals surface area contributed by atoms with Crippen LogP contribution in [0, 0.1) is 0 Å². The van der Waals surface area contributed by atoms with Gasteiger partial charge >= 0.3 is 0 Å². The molecule has 7 heteroatoms. The summed E-state index contributed by atoms with van der Waals surface area (Å²) < 4.78 is 12.7. The topological polar surface area (TPSA) is 30.5 Å². The van der Waals surface area contributed by atoms with Crippen molar-refractivity contribution in [1.82, 2.24) is 5.32 Å². The van der Waals surface area contributed by atoms with Crippen molar-refractivity contribution in [1.29, 1.82) is 0 Å². The van der Waals surface area contributed by atoms with Crippen LogP contribution in [0.15, 0.2) is 52.3 Å². The molecule has 148 valence electrons. The fourth-order valence-corrected chi connectivity index (χ4v) is 4.40. The summed E-state index contributed by atoms with van der Waals surface area (Å²) in [6.45, 7) is 4.41. The Morgan fingerprint density at radius 2 is 1.93 bits per heavy atom. The summed E-state index contributed by atoms with van der Waals surface area (Å²) in [6.07, 6.45) is 0. The predicted octanol–water partition coefficient (Wildman–Crippen LogP) is 7.08. The van der Waals surface area contributed by atoms with E-state index in [-0.39, 0.29) is 0 Å². The molecule has 2 aromatic carbocycles. The number of thiophene rings is 1. The minimum atomic E-state index is 0.324. The Bertz CT molecular complexity index is 919. The lowest BCUT2D eigenvalue weighted by Crippen LogP contribution is -2.12. The number of hydrogen-bond donors (Lipinski definition) is 1. The van der Waals surface area contributed by atoms with E-state index in [0.717, 1.165) is 28.7 Å². The van der Waals surface area contributed by atoms with Crippen LogP contribution in [0.2, 0.25) is 10.0 Å². The molecule has 0 radical (unpaired) electrons. The van der Waals surface area contributed by atoms with Crippen molar-refractivity contribution in [2.24, 2.45) is 0 Å². The molecule has 0 spiro atoms. The molecule has 0 aliphatic heterocycles. The molecule has 0 aliphatic rings. The summed E-state index contributed by atoms with van der Waals surface area (Å²) in [5.74, 6) is 1.37. The van der Waals surface area contributed by atoms with Gasteiger partial charge in [-0.3, -0.25) is 0 Å². The van der Waals surface area contributed by atoms with Crippen molar-refractivity contribution in [3.8, 4) is 11.5 Å². The summed E-state index contributed by atoms with van der Waals surface area (Å²) >= 11 is 17.6. The molecule has 28 heavy (non-hydrogen) atoms. The minimum absolute atomic E-state index is 0.324. The second-order valence-electron chi connectivity index (χ2n) is 6.05. The third-order valence-electron chi connectivity index (χ3n) is 3.96. The van der Waals surface area contributed by atoms with Gasteiger partial charge in [-0.15, -0.1) is 11.3 Å². The maximum atomic E-state index is 6.25. The van der Waals surface area contributed by atoms with Crippen LogP contribution in [0.25, 0.3) is 0 Å². The Balaban J connectivity index is 1.70. The average molecular weight is 501 g/mol. The second-order valence-corrected chi connectivity index (χ2v) is 8.78. The first-order valence-electron chi connectivity index (χ1n) is 8.82. The lowest BCUT2D eigenvalue weighted by Gasteiger charge is -2.16. The van der Waals surface area contributed by atoms with Crippen LogP contribution < -0.4 is 14.8 Å². The third kappa shape index (κ3) is 5.88. The van der Waals surface area contributed by atoms with E-state index in [4.69, 9.17) is 32.7 Å². The molecule has 3 nitrogen and oxygen atoms in total. The van der Waals surface area contributed by atoms with E-state index >= 15 is 0 Å². The van der Waals surface area contributed by atoms with E-state index in [1.807, 2.05) is 25.1 Å². The number of benzene rings is 2. The highest BCUT2D eigenvalue weighted by Crippen LogP contribution is 2.38. The largest absolute Gasteiger partial charge is 0.490 e. The molecule has 3 aromatic rings. The zero-order valence-electron chi connectivity index (χ0n) is 15.3. The van der Waals surface area contributed by atoms with Crippen molar-refractivity contribution in [2.45, 2.75) is 26.6 Å². The summed E-state index contributed by atoms with van der Waals surface area (Å²) in [4.78, 5) is 1.31. The molecular weight excluding hydrogens is 481 g/mol. The molecule has 0 atom stereocenters. The van der Waals surface area contributed by atoms with Gasteiger partial charge in [0.05, 0.1) is 11.1 Å². The molecule has 0 aliphatic carbocycles. The van der Waals surface area contributed by atoms with E-state index in [1.165, 1.54) is 4.88 Å². The maximum absolute atomic E-state index is 6.25. The Hall–Kier alpha value is -1.24. The van der Waals surface area contributed by atoms with E-state index in [0.29, 0.717) is 34.8 Å². The van der Waals surface area contributed by atoms with Crippen molar-refractivity contribution in [3.63, 3.8) is 0 Å². The smallest absolute Gasteiger partial charge is 0.175 e.